The average molecular weight is 328 g/mol. The van der Waals surface area contributed by atoms with Crippen molar-refractivity contribution in [3.63, 3.8) is 0 Å². The quantitative estimate of drug-likeness (QED) is 0.698. The van der Waals surface area contributed by atoms with E-state index in [9.17, 15) is 9.50 Å². The third-order valence-electron chi connectivity index (χ3n) is 3.40. The number of hydrogen-bond acceptors (Lipinski definition) is 3. The lowest BCUT2D eigenvalue weighted by Gasteiger charge is -2.07. The first-order valence-corrected chi connectivity index (χ1v) is 8.31. The molecule has 0 fully saturated rings. The van der Waals surface area contributed by atoms with Crippen molar-refractivity contribution in [1.82, 2.24) is 9.55 Å². The van der Waals surface area contributed by atoms with Gasteiger partial charge < -0.3 is 9.67 Å². The van der Waals surface area contributed by atoms with Crippen LogP contribution in [0.3, 0.4) is 0 Å². The molecule has 0 saturated carbocycles. The molecule has 0 radical (unpaired) electrons. The van der Waals surface area contributed by atoms with Crippen LogP contribution < -0.4 is 0 Å². The summed E-state index contributed by atoms with van der Waals surface area (Å²) in [6, 6.07) is 16.7. The van der Waals surface area contributed by atoms with Gasteiger partial charge in [-0.25, -0.2) is 9.37 Å². The molecule has 5 heteroatoms. The van der Waals surface area contributed by atoms with Crippen molar-refractivity contribution in [2.24, 2.45) is 0 Å². The first kappa shape index (κ1) is 15.8. The maximum atomic E-state index is 13.3. The van der Waals surface area contributed by atoms with Crippen molar-refractivity contribution in [1.29, 1.82) is 0 Å². The Hall–Kier alpha value is -2.11. The van der Waals surface area contributed by atoms with E-state index in [2.05, 4.69) is 17.1 Å². The molecule has 3 aromatic rings. The van der Waals surface area contributed by atoms with Crippen LogP contribution in [0.15, 0.2) is 66.0 Å². The molecule has 3 nitrogen and oxygen atoms in total. The first-order valence-electron chi connectivity index (χ1n) is 7.32. The van der Waals surface area contributed by atoms with Crippen LogP contribution >= 0.6 is 11.8 Å². The molecule has 1 aromatic heterocycles. The Morgan fingerprint density at radius 1 is 1.04 bits per heavy atom. The van der Waals surface area contributed by atoms with Crippen molar-refractivity contribution in [2.45, 2.75) is 24.1 Å². The zero-order chi connectivity index (χ0) is 16.1. The molecule has 3 rings (SSSR count). The molecule has 0 aliphatic rings. The van der Waals surface area contributed by atoms with Gasteiger partial charge in [0.2, 0.25) is 0 Å². The third-order valence-corrected chi connectivity index (χ3v) is 4.47. The molecule has 0 unspecified atom stereocenters. The molecular formula is C18H17FN2OS. The zero-order valence-electron chi connectivity index (χ0n) is 12.5. The molecule has 0 aliphatic heterocycles. The van der Waals surface area contributed by atoms with Crippen LogP contribution in [0.5, 0.6) is 0 Å². The predicted octanol–water partition coefficient (Wildman–Crippen LogP) is 3.86. The molecule has 1 N–H and O–H groups in total. The molecular weight excluding hydrogens is 311 g/mol. The van der Waals surface area contributed by atoms with Gasteiger partial charge in [-0.2, -0.15) is 0 Å². The smallest absolute Gasteiger partial charge is 0.168 e. The standard InChI is InChI=1S/C18H17FN2OS/c19-16-8-4-7-15(9-16)13-23-18-20-17(12-22)11-21(18)10-14-5-2-1-3-6-14/h1-9,11,22H,10,12-13H2. The summed E-state index contributed by atoms with van der Waals surface area (Å²) < 4.78 is 15.3. The van der Waals surface area contributed by atoms with Crippen LogP contribution in [0.2, 0.25) is 0 Å². The van der Waals surface area contributed by atoms with Crippen LogP contribution in [-0.4, -0.2) is 14.7 Å². The maximum absolute atomic E-state index is 13.3. The van der Waals surface area contributed by atoms with E-state index in [-0.39, 0.29) is 12.4 Å². The molecule has 0 bridgehead atoms. The van der Waals surface area contributed by atoms with Crippen molar-refractivity contribution in [3.8, 4) is 0 Å². The predicted molar refractivity (Wildman–Crippen MR) is 89.7 cm³/mol. The number of aromatic nitrogens is 2. The minimum atomic E-state index is -0.230. The summed E-state index contributed by atoms with van der Waals surface area (Å²) in [5, 5.41) is 10.1. The lowest BCUT2D eigenvalue weighted by atomic mass is 10.2. The fraction of sp³-hybridized carbons (Fsp3) is 0.167. The Morgan fingerprint density at radius 2 is 1.83 bits per heavy atom. The molecule has 118 valence electrons. The summed E-state index contributed by atoms with van der Waals surface area (Å²) in [6.45, 7) is 0.606. The number of benzene rings is 2. The van der Waals surface area contributed by atoms with Gasteiger partial charge >= 0.3 is 0 Å². The third kappa shape index (κ3) is 4.21. The van der Waals surface area contributed by atoms with E-state index in [1.165, 1.54) is 29.5 Å². The van der Waals surface area contributed by atoms with Gasteiger partial charge in [0.1, 0.15) is 5.82 Å². The summed E-state index contributed by atoms with van der Waals surface area (Å²) in [7, 11) is 0. The van der Waals surface area contributed by atoms with Gasteiger partial charge in [0.25, 0.3) is 0 Å². The van der Waals surface area contributed by atoms with E-state index in [0.29, 0.717) is 18.0 Å². The summed E-state index contributed by atoms with van der Waals surface area (Å²) in [5.74, 6) is 0.404. The van der Waals surface area contributed by atoms with Crippen LogP contribution in [0, 0.1) is 5.82 Å². The zero-order valence-corrected chi connectivity index (χ0v) is 13.3. The number of aliphatic hydroxyl groups is 1. The molecule has 0 aliphatic carbocycles. The highest BCUT2D eigenvalue weighted by Gasteiger charge is 2.09. The molecule has 23 heavy (non-hydrogen) atoms. The summed E-state index contributed by atoms with van der Waals surface area (Å²) >= 11 is 1.54. The number of hydrogen-bond donors (Lipinski definition) is 1. The van der Waals surface area contributed by atoms with Crippen molar-refractivity contribution >= 4 is 11.8 Å². The Labute approximate surface area is 138 Å². The van der Waals surface area contributed by atoms with Gasteiger partial charge in [-0.15, -0.1) is 0 Å². The fourth-order valence-electron chi connectivity index (χ4n) is 2.31. The molecule has 0 spiro atoms. The molecule has 0 saturated heterocycles. The summed E-state index contributed by atoms with van der Waals surface area (Å²) in [4.78, 5) is 4.44. The van der Waals surface area contributed by atoms with Crippen LogP contribution in [0.25, 0.3) is 0 Å². The second-order valence-electron chi connectivity index (χ2n) is 5.21. The van der Waals surface area contributed by atoms with Crippen LogP contribution in [0.4, 0.5) is 4.39 Å². The Balaban J connectivity index is 1.76. The largest absolute Gasteiger partial charge is 0.390 e. The van der Waals surface area contributed by atoms with Gasteiger partial charge in [0, 0.05) is 18.5 Å². The highest BCUT2D eigenvalue weighted by Crippen LogP contribution is 2.24. The highest BCUT2D eigenvalue weighted by molar-refractivity contribution is 7.98. The van der Waals surface area contributed by atoms with E-state index < -0.39 is 0 Å². The van der Waals surface area contributed by atoms with Crippen molar-refractivity contribution in [2.75, 3.05) is 0 Å². The Kier molecular flexibility index (Phi) is 5.10. The Bertz CT molecular complexity index is 774. The number of rotatable bonds is 6. The number of thioether (sulfide) groups is 1. The van der Waals surface area contributed by atoms with Gasteiger partial charge in [-0.05, 0) is 23.3 Å². The van der Waals surface area contributed by atoms with E-state index in [4.69, 9.17) is 0 Å². The maximum Gasteiger partial charge on any atom is 0.168 e. The van der Waals surface area contributed by atoms with E-state index in [0.717, 1.165) is 10.7 Å². The normalized spacial score (nSPS) is 10.9. The van der Waals surface area contributed by atoms with Gasteiger partial charge in [0.15, 0.2) is 5.16 Å². The van der Waals surface area contributed by atoms with Gasteiger partial charge in [0.05, 0.1) is 12.3 Å². The molecule has 0 amide bonds. The van der Waals surface area contributed by atoms with Gasteiger partial charge in [-0.1, -0.05) is 54.2 Å². The minimum Gasteiger partial charge on any atom is -0.390 e. The SMILES string of the molecule is OCc1cn(Cc2ccccc2)c(SCc2cccc(F)c2)n1. The fourth-order valence-corrected chi connectivity index (χ4v) is 3.25. The van der Waals surface area contributed by atoms with E-state index in [1.54, 1.807) is 6.07 Å². The van der Waals surface area contributed by atoms with E-state index >= 15 is 0 Å². The van der Waals surface area contributed by atoms with Crippen molar-refractivity contribution in [3.05, 3.63) is 83.4 Å². The molecule has 1 heterocycles. The number of halogens is 1. The first-order chi connectivity index (χ1) is 11.2. The van der Waals surface area contributed by atoms with E-state index in [1.807, 2.05) is 35.0 Å². The second kappa shape index (κ2) is 7.44. The highest BCUT2D eigenvalue weighted by atomic mass is 32.2. The lowest BCUT2D eigenvalue weighted by Crippen LogP contribution is -2.00. The number of aliphatic hydroxyl groups excluding tert-OH is 1. The second-order valence-corrected chi connectivity index (χ2v) is 6.15. The number of imidazole rings is 1. The minimum absolute atomic E-state index is 0.0880. The lowest BCUT2D eigenvalue weighted by molar-refractivity contribution is 0.277. The Morgan fingerprint density at radius 3 is 2.57 bits per heavy atom. The summed E-state index contributed by atoms with van der Waals surface area (Å²) in [5.41, 5.74) is 2.72. The molecule has 0 atom stereocenters. The number of nitrogens with zero attached hydrogens (tertiary/aromatic N) is 2. The van der Waals surface area contributed by atoms with Crippen LogP contribution in [-0.2, 0) is 18.9 Å². The van der Waals surface area contributed by atoms with Crippen molar-refractivity contribution < 1.29 is 9.50 Å². The molecule has 2 aromatic carbocycles. The topological polar surface area (TPSA) is 38.0 Å². The van der Waals surface area contributed by atoms with Gasteiger partial charge in [-0.3, -0.25) is 0 Å². The average Bonchev–Trinajstić information content (AvgIpc) is 2.96. The monoisotopic (exact) mass is 328 g/mol. The van der Waals surface area contributed by atoms with Crippen LogP contribution in [0.1, 0.15) is 16.8 Å². The summed E-state index contributed by atoms with van der Waals surface area (Å²) in [6.07, 6.45) is 1.86.